The largest absolute Gasteiger partial charge is 0.394 e. The molecule has 0 aromatic heterocycles. The van der Waals surface area contributed by atoms with Gasteiger partial charge in [0.2, 0.25) is 0 Å². The number of nitrogens with one attached hydrogen (secondary N) is 2. The van der Waals surface area contributed by atoms with Crippen LogP contribution in [0.15, 0.2) is 0 Å². The maximum absolute atomic E-state index is 11.1. The SMILES string of the molecule is CNCC1CCC(N)C(OC2C(N)CC(N)C(OC3OC[C@](C)(O)C(NC)C3O)C2O)O1.O=S(=O)(O)O. The molecule has 0 amide bonds. The van der Waals surface area contributed by atoms with Crippen LogP contribution in [0.4, 0.5) is 0 Å². The molecule has 0 aromatic rings. The van der Waals surface area contributed by atoms with Crippen molar-refractivity contribution >= 4 is 10.4 Å². The second kappa shape index (κ2) is 13.6. The molecular formula is C20H43N5O11S. The van der Waals surface area contributed by atoms with Gasteiger partial charge in [-0.05, 0) is 40.3 Å². The molecule has 2 saturated heterocycles. The van der Waals surface area contributed by atoms with Gasteiger partial charge in [0.05, 0.1) is 24.8 Å². The highest BCUT2D eigenvalue weighted by atomic mass is 32.3. The van der Waals surface area contributed by atoms with Gasteiger partial charge in [-0.2, -0.15) is 8.42 Å². The highest BCUT2D eigenvalue weighted by molar-refractivity contribution is 7.79. The summed E-state index contributed by atoms with van der Waals surface area (Å²) >= 11 is 0. The number of aliphatic hydroxyl groups excluding tert-OH is 2. The molecule has 13 N–H and O–H groups in total. The third kappa shape index (κ3) is 9.23. The van der Waals surface area contributed by atoms with E-state index in [1.807, 2.05) is 7.05 Å². The Morgan fingerprint density at radius 3 is 2.03 bits per heavy atom. The first-order chi connectivity index (χ1) is 17.1. The average molecular weight is 562 g/mol. The van der Waals surface area contributed by atoms with E-state index >= 15 is 0 Å². The lowest BCUT2D eigenvalue weighted by Gasteiger charge is -2.48. The smallest absolute Gasteiger partial charge is 0.388 e. The zero-order chi connectivity index (χ0) is 28.1. The monoisotopic (exact) mass is 561 g/mol. The van der Waals surface area contributed by atoms with Gasteiger partial charge in [0.15, 0.2) is 12.6 Å². The minimum atomic E-state index is -4.67. The van der Waals surface area contributed by atoms with Crippen molar-refractivity contribution in [1.82, 2.24) is 10.6 Å². The Bertz CT molecular complexity index is 802. The minimum Gasteiger partial charge on any atom is -0.388 e. The van der Waals surface area contributed by atoms with E-state index in [0.29, 0.717) is 13.0 Å². The minimum absolute atomic E-state index is 0.0480. The van der Waals surface area contributed by atoms with Gasteiger partial charge in [-0.15, -0.1) is 0 Å². The second-order valence-electron chi connectivity index (χ2n) is 9.92. The molecular weight excluding hydrogens is 518 g/mol. The molecule has 17 heteroatoms. The average Bonchev–Trinajstić information content (AvgIpc) is 2.76. The van der Waals surface area contributed by atoms with Crippen molar-refractivity contribution in [2.75, 3.05) is 27.2 Å². The molecule has 2 aliphatic heterocycles. The molecule has 3 aliphatic rings. The van der Waals surface area contributed by atoms with Crippen molar-refractivity contribution in [2.24, 2.45) is 17.2 Å². The summed E-state index contributed by atoms with van der Waals surface area (Å²) in [7, 11) is -1.19. The number of hydrogen-bond donors (Lipinski definition) is 10. The first-order valence-corrected chi connectivity index (χ1v) is 13.4. The van der Waals surface area contributed by atoms with E-state index < -0.39 is 71.1 Å². The van der Waals surface area contributed by atoms with Crippen molar-refractivity contribution in [3.8, 4) is 0 Å². The van der Waals surface area contributed by atoms with Gasteiger partial charge in [0.1, 0.15) is 30.0 Å². The molecule has 11 unspecified atom stereocenters. The van der Waals surface area contributed by atoms with Crippen LogP contribution in [-0.2, 0) is 29.3 Å². The van der Waals surface area contributed by atoms with E-state index in [-0.39, 0.29) is 18.8 Å². The lowest BCUT2D eigenvalue weighted by Crippen LogP contribution is -2.68. The third-order valence-electron chi connectivity index (χ3n) is 6.72. The van der Waals surface area contributed by atoms with Crippen LogP contribution in [0.25, 0.3) is 0 Å². The molecule has 37 heavy (non-hydrogen) atoms. The van der Waals surface area contributed by atoms with Crippen molar-refractivity contribution in [2.45, 2.75) is 99.1 Å². The van der Waals surface area contributed by atoms with Crippen molar-refractivity contribution in [3.63, 3.8) is 0 Å². The van der Waals surface area contributed by atoms with Gasteiger partial charge in [0, 0.05) is 18.6 Å². The summed E-state index contributed by atoms with van der Waals surface area (Å²) in [5, 5.41) is 38.1. The number of rotatable bonds is 7. The lowest BCUT2D eigenvalue weighted by molar-refractivity contribution is -0.306. The van der Waals surface area contributed by atoms with Crippen LogP contribution in [0.3, 0.4) is 0 Å². The fourth-order valence-electron chi connectivity index (χ4n) is 4.90. The molecule has 0 spiro atoms. The first-order valence-electron chi connectivity index (χ1n) is 12.0. The van der Waals surface area contributed by atoms with Gasteiger partial charge < -0.3 is 62.1 Å². The predicted octanol–water partition coefficient (Wildman–Crippen LogP) is -4.37. The topological polar surface area (TPSA) is 274 Å². The van der Waals surface area contributed by atoms with E-state index in [0.717, 1.165) is 12.8 Å². The molecule has 1 aliphatic carbocycles. The standard InChI is InChI=1S/C20H41N5O7.H2O4S/c1-20(28)8-29-19(14(27)17(20)25-3)32-16-12(23)6-11(22)15(13(16)26)31-18-10(21)5-4-9(30-18)7-24-2;1-5(2,3)4/h9-19,24-28H,4-8,21-23H2,1-3H3;(H2,1,2,3,4)/t9?,10?,11?,12?,13?,14?,15?,16?,17?,18?,19?,20-;/m0./s1. The number of aliphatic hydroxyl groups is 3. The third-order valence-corrected chi connectivity index (χ3v) is 6.72. The van der Waals surface area contributed by atoms with Gasteiger partial charge in [-0.1, -0.05) is 0 Å². The van der Waals surface area contributed by atoms with E-state index in [4.69, 9.17) is 53.7 Å². The highest BCUT2D eigenvalue weighted by Gasteiger charge is 2.50. The van der Waals surface area contributed by atoms with Crippen LogP contribution in [0, 0.1) is 0 Å². The molecule has 0 aromatic carbocycles. The number of likely N-dealkylation sites (N-methyl/N-ethyl adjacent to an activating group) is 2. The van der Waals surface area contributed by atoms with Crippen LogP contribution in [0.1, 0.15) is 26.2 Å². The second-order valence-corrected chi connectivity index (χ2v) is 10.8. The van der Waals surface area contributed by atoms with Crippen LogP contribution >= 0.6 is 0 Å². The maximum Gasteiger partial charge on any atom is 0.394 e. The fraction of sp³-hybridized carbons (Fsp3) is 1.00. The van der Waals surface area contributed by atoms with Crippen LogP contribution in [-0.4, -0.2) is 133 Å². The Hall–Kier alpha value is -0.610. The van der Waals surface area contributed by atoms with E-state index in [1.165, 1.54) is 0 Å². The van der Waals surface area contributed by atoms with Gasteiger partial charge in [-0.3, -0.25) is 9.11 Å². The van der Waals surface area contributed by atoms with Crippen LogP contribution in [0.2, 0.25) is 0 Å². The molecule has 12 atom stereocenters. The Kier molecular flexibility index (Phi) is 12.0. The molecule has 3 fully saturated rings. The highest BCUT2D eigenvalue weighted by Crippen LogP contribution is 2.31. The Labute approximate surface area is 216 Å². The summed E-state index contributed by atoms with van der Waals surface area (Å²) in [5.74, 6) is 0. The van der Waals surface area contributed by atoms with E-state index in [1.54, 1.807) is 14.0 Å². The quantitative estimate of drug-likeness (QED) is 0.131. The number of nitrogens with two attached hydrogens (primary N) is 3. The number of hydrogen-bond acceptors (Lipinski definition) is 14. The van der Waals surface area contributed by atoms with Crippen LogP contribution in [0.5, 0.6) is 0 Å². The zero-order valence-corrected chi connectivity index (χ0v) is 22.0. The van der Waals surface area contributed by atoms with Gasteiger partial charge in [-0.25, -0.2) is 0 Å². The summed E-state index contributed by atoms with van der Waals surface area (Å²) in [5.41, 5.74) is 17.4. The first kappa shape index (κ1) is 32.6. The molecule has 2 heterocycles. The Morgan fingerprint density at radius 2 is 1.51 bits per heavy atom. The zero-order valence-electron chi connectivity index (χ0n) is 21.2. The van der Waals surface area contributed by atoms with Gasteiger partial charge >= 0.3 is 10.4 Å². The number of ether oxygens (including phenoxy) is 4. The Morgan fingerprint density at radius 1 is 0.973 bits per heavy atom. The van der Waals surface area contributed by atoms with E-state index in [9.17, 15) is 15.3 Å². The maximum atomic E-state index is 11.1. The Balaban J connectivity index is 0.000000877. The lowest BCUT2D eigenvalue weighted by atomic mass is 9.84. The molecule has 0 radical (unpaired) electrons. The van der Waals surface area contributed by atoms with Gasteiger partial charge in [0.25, 0.3) is 0 Å². The fourth-order valence-corrected chi connectivity index (χ4v) is 4.90. The van der Waals surface area contributed by atoms with E-state index in [2.05, 4.69) is 10.6 Å². The summed E-state index contributed by atoms with van der Waals surface area (Å²) in [6.45, 7) is 2.16. The molecule has 220 valence electrons. The molecule has 0 bridgehead atoms. The van der Waals surface area contributed by atoms with Crippen molar-refractivity contribution in [3.05, 3.63) is 0 Å². The molecule has 1 saturated carbocycles. The molecule has 16 nitrogen and oxygen atoms in total. The van der Waals surface area contributed by atoms with Crippen molar-refractivity contribution in [1.29, 1.82) is 0 Å². The summed E-state index contributed by atoms with van der Waals surface area (Å²) in [4.78, 5) is 0. The summed E-state index contributed by atoms with van der Waals surface area (Å²) in [6.07, 6.45) is -4.12. The van der Waals surface area contributed by atoms with Crippen molar-refractivity contribution < 1.29 is 51.8 Å². The predicted molar refractivity (Wildman–Crippen MR) is 130 cm³/mol. The molecule has 3 rings (SSSR count). The normalized spacial score (nSPS) is 45.1. The van der Waals surface area contributed by atoms with Crippen LogP contribution < -0.4 is 27.8 Å². The summed E-state index contributed by atoms with van der Waals surface area (Å²) < 4.78 is 55.1. The summed E-state index contributed by atoms with van der Waals surface area (Å²) in [6, 6.07) is -2.20.